The Hall–Kier alpha value is -2.71. The Morgan fingerprint density at radius 2 is 1.75 bits per heavy atom. The molecule has 0 aliphatic heterocycles. The molecule has 0 bridgehead atoms. The zero-order chi connectivity index (χ0) is 20.3. The summed E-state index contributed by atoms with van der Waals surface area (Å²) in [6, 6.07) is 12.2. The number of hydrogen-bond donors (Lipinski definition) is 2. The minimum absolute atomic E-state index is 0.264. The smallest absolute Gasteiger partial charge is 0.406 e. The molecule has 0 aliphatic rings. The van der Waals surface area contributed by atoms with Crippen molar-refractivity contribution in [3.05, 3.63) is 58.6 Å². The lowest BCUT2D eigenvalue weighted by Crippen LogP contribution is -2.17. The Balaban J connectivity index is 1.98. The molecule has 146 valence electrons. The average Bonchev–Trinajstić information content (AvgIpc) is 2.64. The molecule has 2 aromatic carbocycles. The van der Waals surface area contributed by atoms with Crippen LogP contribution in [0.15, 0.2) is 48.5 Å². The molecule has 28 heavy (non-hydrogen) atoms. The minimum atomic E-state index is -4.78. The van der Waals surface area contributed by atoms with Crippen LogP contribution in [0.25, 0.3) is 11.3 Å². The molecule has 0 radical (unpaired) electrons. The summed E-state index contributed by atoms with van der Waals surface area (Å²) in [7, 11) is 1.62. The molecule has 0 amide bonds. The largest absolute Gasteiger partial charge is 0.573 e. The Labute approximate surface area is 168 Å². The molecule has 0 spiro atoms. The van der Waals surface area contributed by atoms with Gasteiger partial charge in [-0.1, -0.05) is 41.4 Å². The predicted molar refractivity (Wildman–Crippen MR) is 103 cm³/mol. The first-order valence-corrected chi connectivity index (χ1v) is 8.65. The summed E-state index contributed by atoms with van der Waals surface area (Å²) in [4.78, 5) is 8.56. The van der Waals surface area contributed by atoms with Crippen molar-refractivity contribution in [1.29, 1.82) is 0 Å². The number of halogens is 5. The van der Waals surface area contributed by atoms with E-state index in [0.717, 1.165) is 0 Å². The van der Waals surface area contributed by atoms with Gasteiger partial charge in [-0.25, -0.2) is 4.98 Å². The maximum atomic E-state index is 12.5. The summed E-state index contributed by atoms with van der Waals surface area (Å²) in [5.74, 6) is 0.294. The fourth-order valence-electron chi connectivity index (χ4n) is 2.36. The SMILES string of the molecule is CNc1nc(Nc2cccc(Cl)c2Cl)cc(-c2cccc(OC(F)(F)F)c2)n1. The number of nitrogens with one attached hydrogen (secondary N) is 2. The van der Waals surface area contributed by atoms with Crippen molar-refractivity contribution in [2.45, 2.75) is 6.36 Å². The summed E-state index contributed by atoms with van der Waals surface area (Å²) >= 11 is 12.2. The zero-order valence-corrected chi connectivity index (χ0v) is 15.8. The van der Waals surface area contributed by atoms with E-state index in [2.05, 4.69) is 25.3 Å². The highest BCUT2D eigenvalue weighted by molar-refractivity contribution is 6.43. The van der Waals surface area contributed by atoms with E-state index >= 15 is 0 Å². The van der Waals surface area contributed by atoms with E-state index in [-0.39, 0.29) is 11.7 Å². The molecular formula is C18H13Cl2F3N4O. The summed E-state index contributed by atoms with van der Waals surface area (Å²) in [6.07, 6.45) is -4.78. The topological polar surface area (TPSA) is 59.1 Å². The first-order chi connectivity index (χ1) is 13.2. The van der Waals surface area contributed by atoms with Crippen molar-refractivity contribution in [1.82, 2.24) is 9.97 Å². The van der Waals surface area contributed by atoms with Crippen LogP contribution < -0.4 is 15.4 Å². The average molecular weight is 429 g/mol. The minimum Gasteiger partial charge on any atom is -0.406 e. The summed E-state index contributed by atoms with van der Waals surface area (Å²) in [6.45, 7) is 0. The number of aromatic nitrogens is 2. The van der Waals surface area contributed by atoms with E-state index in [1.54, 1.807) is 37.4 Å². The first-order valence-electron chi connectivity index (χ1n) is 7.89. The number of nitrogens with zero attached hydrogens (tertiary/aromatic N) is 2. The third-order valence-corrected chi connectivity index (χ3v) is 4.35. The molecule has 3 rings (SSSR count). The van der Waals surface area contributed by atoms with Crippen LogP contribution in [-0.4, -0.2) is 23.4 Å². The fraction of sp³-hybridized carbons (Fsp3) is 0.111. The van der Waals surface area contributed by atoms with Crippen molar-refractivity contribution in [3.63, 3.8) is 0 Å². The van der Waals surface area contributed by atoms with Crippen LogP contribution in [0.4, 0.5) is 30.6 Å². The number of benzene rings is 2. The molecule has 0 unspecified atom stereocenters. The highest BCUT2D eigenvalue weighted by atomic mass is 35.5. The third kappa shape index (κ3) is 4.96. The van der Waals surface area contributed by atoms with E-state index in [1.165, 1.54) is 18.2 Å². The molecule has 0 saturated carbocycles. The van der Waals surface area contributed by atoms with Gasteiger partial charge in [-0.2, -0.15) is 4.98 Å². The van der Waals surface area contributed by atoms with Gasteiger partial charge < -0.3 is 15.4 Å². The van der Waals surface area contributed by atoms with Gasteiger partial charge >= 0.3 is 6.36 Å². The van der Waals surface area contributed by atoms with Gasteiger partial charge in [0.2, 0.25) is 5.95 Å². The van der Waals surface area contributed by atoms with Gasteiger partial charge in [0, 0.05) is 18.7 Å². The second kappa shape index (κ2) is 8.12. The molecule has 0 aliphatic carbocycles. The van der Waals surface area contributed by atoms with Crippen LogP contribution in [0.5, 0.6) is 5.75 Å². The maximum Gasteiger partial charge on any atom is 0.573 e. The van der Waals surface area contributed by atoms with Crippen LogP contribution >= 0.6 is 23.2 Å². The van der Waals surface area contributed by atoms with Crippen LogP contribution in [0, 0.1) is 0 Å². The van der Waals surface area contributed by atoms with Gasteiger partial charge in [0.15, 0.2) is 0 Å². The molecule has 1 heterocycles. The maximum absolute atomic E-state index is 12.5. The standard InChI is InChI=1S/C18H13Cl2F3N4O/c1-24-17-26-14(10-4-2-5-11(8-10)28-18(21,22)23)9-15(27-17)25-13-7-3-6-12(19)16(13)20/h2-9H,1H3,(H2,24,25,26,27). The van der Waals surface area contributed by atoms with Crippen LogP contribution in [-0.2, 0) is 0 Å². The number of hydrogen-bond acceptors (Lipinski definition) is 5. The lowest BCUT2D eigenvalue weighted by molar-refractivity contribution is -0.274. The summed E-state index contributed by atoms with van der Waals surface area (Å²) in [5.41, 5.74) is 1.32. The highest BCUT2D eigenvalue weighted by Crippen LogP contribution is 2.33. The quantitative estimate of drug-likeness (QED) is 0.511. The third-order valence-electron chi connectivity index (χ3n) is 3.53. The molecule has 1 aromatic heterocycles. The van der Waals surface area contributed by atoms with Crippen LogP contribution in [0.3, 0.4) is 0 Å². The van der Waals surface area contributed by atoms with E-state index < -0.39 is 6.36 Å². The Bertz CT molecular complexity index is 999. The predicted octanol–water partition coefficient (Wildman–Crippen LogP) is 6.13. The number of anilines is 3. The Morgan fingerprint density at radius 1 is 1.00 bits per heavy atom. The monoisotopic (exact) mass is 428 g/mol. The van der Waals surface area contributed by atoms with Gasteiger partial charge in [0.25, 0.3) is 0 Å². The van der Waals surface area contributed by atoms with E-state index in [0.29, 0.717) is 32.8 Å². The van der Waals surface area contributed by atoms with E-state index in [4.69, 9.17) is 23.2 Å². The van der Waals surface area contributed by atoms with Gasteiger partial charge in [-0.05, 0) is 24.3 Å². The number of ether oxygens (including phenoxy) is 1. The summed E-state index contributed by atoms with van der Waals surface area (Å²) in [5, 5.41) is 6.52. The Morgan fingerprint density at radius 3 is 2.46 bits per heavy atom. The number of rotatable bonds is 5. The van der Waals surface area contributed by atoms with Crippen molar-refractivity contribution in [3.8, 4) is 17.0 Å². The molecule has 3 aromatic rings. The Kier molecular flexibility index (Phi) is 5.81. The fourth-order valence-corrected chi connectivity index (χ4v) is 2.71. The lowest BCUT2D eigenvalue weighted by Gasteiger charge is -2.13. The first kappa shape index (κ1) is 20.0. The molecule has 10 heteroatoms. The normalized spacial score (nSPS) is 11.2. The molecule has 2 N–H and O–H groups in total. The lowest BCUT2D eigenvalue weighted by atomic mass is 10.1. The molecule has 0 saturated heterocycles. The molecule has 0 fully saturated rings. The van der Waals surface area contributed by atoms with Crippen molar-refractivity contribution in [2.24, 2.45) is 0 Å². The van der Waals surface area contributed by atoms with Gasteiger partial charge in [0.05, 0.1) is 21.4 Å². The molecule has 5 nitrogen and oxygen atoms in total. The van der Waals surface area contributed by atoms with Gasteiger partial charge in [0.1, 0.15) is 11.6 Å². The van der Waals surface area contributed by atoms with E-state index in [9.17, 15) is 13.2 Å². The molecular weight excluding hydrogens is 416 g/mol. The second-order valence-electron chi connectivity index (χ2n) is 5.51. The van der Waals surface area contributed by atoms with Gasteiger partial charge in [-0.15, -0.1) is 13.2 Å². The zero-order valence-electron chi connectivity index (χ0n) is 14.3. The van der Waals surface area contributed by atoms with Crippen molar-refractivity contribution < 1.29 is 17.9 Å². The van der Waals surface area contributed by atoms with E-state index in [1.807, 2.05) is 0 Å². The molecule has 0 atom stereocenters. The number of alkyl halides is 3. The second-order valence-corrected chi connectivity index (χ2v) is 6.30. The highest BCUT2D eigenvalue weighted by Gasteiger charge is 2.31. The van der Waals surface area contributed by atoms with Crippen LogP contribution in [0.2, 0.25) is 10.0 Å². The summed E-state index contributed by atoms with van der Waals surface area (Å²) < 4.78 is 41.4. The van der Waals surface area contributed by atoms with Gasteiger partial charge in [-0.3, -0.25) is 0 Å². The van der Waals surface area contributed by atoms with Crippen molar-refractivity contribution in [2.75, 3.05) is 17.7 Å². The van der Waals surface area contributed by atoms with Crippen LogP contribution in [0.1, 0.15) is 0 Å². The van der Waals surface area contributed by atoms with Crippen molar-refractivity contribution >= 4 is 40.7 Å².